The molecule has 45 heavy (non-hydrogen) atoms. The van der Waals surface area contributed by atoms with Crippen molar-refractivity contribution in [1.82, 2.24) is 0 Å². The summed E-state index contributed by atoms with van der Waals surface area (Å²) >= 11 is 0. The van der Waals surface area contributed by atoms with Crippen molar-refractivity contribution in [2.45, 2.75) is 30.6 Å². The average Bonchev–Trinajstić information content (AvgIpc) is 2.98. The SMILES string of the molecule is Cc1cc(S(=O)(=O)O)ccc1Nc1ccc2c(-c3ccccc3S(=O)(=O)O)c3ccc(=Nc4c(C)cccc4C)cc-3oc2c1. The number of nitrogens with zero attached hydrogens (tertiary/aromatic N) is 1. The first kappa shape index (κ1) is 30.2. The van der Waals surface area contributed by atoms with Gasteiger partial charge < -0.3 is 9.73 Å². The van der Waals surface area contributed by atoms with Gasteiger partial charge in [0, 0.05) is 45.6 Å². The van der Waals surface area contributed by atoms with Crippen LogP contribution in [0.5, 0.6) is 0 Å². The lowest BCUT2D eigenvalue weighted by atomic mass is 9.93. The minimum atomic E-state index is -4.57. The van der Waals surface area contributed by atoms with Gasteiger partial charge in [0.05, 0.1) is 15.9 Å². The molecule has 0 saturated heterocycles. The first-order chi connectivity index (χ1) is 21.3. The molecule has 1 aliphatic heterocycles. The van der Waals surface area contributed by atoms with E-state index in [0.29, 0.717) is 55.7 Å². The van der Waals surface area contributed by atoms with Crippen LogP contribution in [0.25, 0.3) is 33.4 Å². The van der Waals surface area contributed by atoms with E-state index in [1.807, 2.05) is 44.2 Å². The Labute approximate surface area is 260 Å². The average molecular weight is 641 g/mol. The highest BCUT2D eigenvalue weighted by atomic mass is 32.2. The minimum Gasteiger partial charge on any atom is -0.456 e. The van der Waals surface area contributed by atoms with Gasteiger partial charge in [-0.1, -0.05) is 36.4 Å². The van der Waals surface area contributed by atoms with Gasteiger partial charge in [0.1, 0.15) is 16.2 Å². The molecule has 0 aromatic heterocycles. The van der Waals surface area contributed by atoms with Crippen LogP contribution < -0.4 is 10.7 Å². The standard InChI is InChI=1S/C34H28N2O7S2/c1-20-7-6-8-21(2)34(20)36-24-12-15-27-31(19-24)43-30-18-23(35-29-16-13-25(17-22(29)3)44(37,38)39)11-14-26(30)33(27)28-9-4-5-10-32(28)45(40,41)42/h4-19,35H,1-3H3,(H,37,38,39)(H,40,41,42). The van der Waals surface area contributed by atoms with E-state index >= 15 is 0 Å². The molecular formula is C34H28N2O7S2. The second kappa shape index (κ2) is 11.3. The Bertz CT molecular complexity index is 2380. The van der Waals surface area contributed by atoms with Gasteiger partial charge in [0.25, 0.3) is 20.2 Å². The maximum absolute atomic E-state index is 12.4. The maximum Gasteiger partial charge on any atom is 0.295 e. The number of para-hydroxylation sites is 1. The fourth-order valence-corrected chi connectivity index (χ4v) is 6.68. The van der Waals surface area contributed by atoms with Crippen LogP contribution in [-0.4, -0.2) is 25.9 Å². The van der Waals surface area contributed by atoms with Crippen LogP contribution >= 0.6 is 0 Å². The Hall–Kier alpha value is -4.81. The third-order valence-corrected chi connectivity index (χ3v) is 9.36. The lowest BCUT2D eigenvalue weighted by Gasteiger charge is -2.18. The Morgan fingerprint density at radius 3 is 2.11 bits per heavy atom. The number of hydrogen-bond donors (Lipinski definition) is 3. The van der Waals surface area contributed by atoms with Crippen molar-refractivity contribution in [2.75, 3.05) is 5.32 Å². The van der Waals surface area contributed by atoms with Gasteiger partial charge in [-0.3, -0.25) is 9.11 Å². The van der Waals surface area contributed by atoms with Gasteiger partial charge in [0.15, 0.2) is 0 Å². The number of hydrogen-bond acceptors (Lipinski definition) is 7. The molecule has 0 bridgehead atoms. The van der Waals surface area contributed by atoms with E-state index in [4.69, 9.17) is 9.41 Å². The fourth-order valence-electron chi connectivity index (χ4n) is 5.42. The van der Waals surface area contributed by atoms with Crippen LogP contribution in [0, 0.1) is 20.8 Å². The summed E-state index contributed by atoms with van der Waals surface area (Å²) in [5, 5.41) is 4.49. The smallest absolute Gasteiger partial charge is 0.295 e. The van der Waals surface area contributed by atoms with Crippen LogP contribution in [0.4, 0.5) is 17.1 Å². The molecule has 0 amide bonds. The lowest BCUT2D eigenvalue weighted by Crippen LogP contribution is -2.05. The van der Waals surface area contributed by atoms with E-state index in [0.717, 1.165) is 16.8 Å². The molecule has 1 aliphatic carbocycles. The topological polar surface area (TPSA) is 146 Å². The second-order valence-corrected chi connectivity index (χ2v) is 13.6. The van der Waals surface area contributed by atoms with E-state index in [1.54, 1.807) is 55.5 Å². The quantitative estimate of drug-likeness (QED) is 0.125. The normalized spacial score (nSPS) is 12.6. The first-order valence-electron chi connectivity index (χ1n) is 13.8. The molecule has 0 unspecified atom stereocenters. The largest absolute Gasteiger partial charge is 0.456 e. The molecule has 4 aromatic carbocycles. The first-order valence-corrected chi connectivity index (χ1v) is 16.7. The van der Waals surface area contributed by atoms with Crippen molar-refractivity contribution in [3.8, 4) is 22.5 Å². The predicted molar refractivity (Wildman–Crippen MR) is 174 cm³/mol. The molecule has 1 heterocycles. The molecule has 3 N–H and O–H groups in total. The molecule has 9 nitrogen and oxygen atoms in total. The Kier molecular flexibility index (Phi) is 7.58. The Morgan fingerprint density at radius 1 is 0.689 bits per heavy atom. The molecule has 0 spiro atoms. The van der Waals surface area contributed by atoms with Crippen LogP contribution in [0.1, 0.15) is 16.7 Å². The minimum absolute atomic E-state index is 0.213. The van der Waals surface area contributed by atoms with Gasteiger partial charge in [-0.2, -0.15) is 16.8 Å². The van der Waals surface area contributed by atoms with Crippen molar-refractivity contribution in [2.24, 2.45) is 4.99 Å². The van der Waals surface area contributed by atoms with E-state index in [2.05, 4.69) is 5.32 Å². The highest BCUT2D eigenvalue weighted by Gasteiger charge is 2.23. The number of anilines is 2. The third kappa shape index (κ3) is 5.98. The van der Waals surface area contributed by atoms with Gasteiger partial charge in [-0.25, -0.2) is 4.99 Å². The number of fused-ring (bicyclic) bond motifs is 2. The molecule has 6 rings (SSSR count). The number of rotatable bonds is 6. The zero-order valence-corrected chi connectivity index (χ0v) is 26.1. The highest BCUT2D eigenvalue weighted by Crippen LogP contribution is 2.43. The second-order valence-electron chi connectivity index (χ2n) is 10.8. The third-order valence-electron chi connectivity index (χ3n) is 7.59. The molecule has 228 valence electrons. The molecule has 0 atom stereocenters. The van der Waals surface area contributed by atoms with Gasteiger partial charge in [-0.05, 0) is 86.0 Å². The highest BCUT2D eigenvalue weighted by molar-refractivity contribution is 7.86. The van der Waals surface area contributed by atoms with Crippen molar-refractivity contribution in [3.05, 3.63) is 119 Å². The van der Waals surface area contributed by atoms with Crippen molar-refractivity contribution in [1.29, 1.82) is 0 Å². The van der Waals surface area contributed by atoms with Crippen molar-refractivity contribution >= 4 is 48.3 Å². The van der Waals surface area contributed by atoms with Crippen LogP contribution in [0.3, 0.4) is 0 Å². The summed E-state index contributed by atoms with van der Waals surface area (Å²) in [6, 6.07) is 27.2. The van der Waals surface area contributed by atoms with Gasteiger partial charge in [0.2, 0.25) is 0 Å². The molecule has 0 saturated carbocycles. The summed E-state index contributed by atoms with van der Waals surface area (Å²) in [6.07, 6.45) is 0. The number of benzene rings is 5. The summed E-state index contributed by atoms with van der Waals surface area (Å²) in [6.45, 7) is 5.69. The number of nitrogens with one attached hydrogen (secondary N) is 1. The molecule has 11 heteroatoms. The summed E-state index contributed by atoms with van der Waals surface area (Å²) in [4.78, 5) is 4.42. The fraction of sp³-hybridized carbons (Fsp3) is 0.0882. The summed E-state index contributed by atoms with van der Waals surface area (Å²) in [7, 11) is -8.92. The summed E-state index contributed by atoms with van der Waals surface area (Å²) < 4.78 is 74.0. The Morgan fingerprint density at radius 2 is 1.42 bits per heavy atom. The van der Waals surface area contributed by atoms with E-state index in [1.165, 1.54) is 18.2 Å². The van der Waals surface area contributed by atoms with Crippen LogP contribution in [0.15, 0.2) is 116 Å². The van der Waals surface area contributed by atoms with E-state index in [9.17, 15) is 25.9 Å². The van der Waals surface area contributed by atoms with Crippen molar-refractivity contribution in [3.63, 3.8) is 0 Å². The molecule has 0 fully saturated rings. The molecule has 2 aliphatic rings. The monoisotopic (exact) mass is 640 g/mol. The zero-order valence-electron chi connectivity index (χ0n) is 24.4. The molecule has 4 aromatic rings. The summed E-state index contributed by atoms with van der Waals surface area (Å²) in [5.41, 5.74) is 6.58. The van der Waals surface area contributed by atoms with E-state index < -0.39 is 20.2 Å². The van der Waals surface area contributed by atoms with Crippen LogP contribution in [0.2, 0.25) is 0 Å². The molecule has 0 radical (unpaired) electrons. The lowest BCUT2D eigenvalue weighted by molar-refractivity contribution is 0.481. The van der Waals surface area contributed by atoms with Gasteiger partial charge in [-0.15, -0.1) is 0 Å². The zero-order chi connectivity index (χ0) is 32.1. The van der Waals surface area contributed by atoms with E-state index in [-0.39, 0.29) is 9.79 Å². The summed E-state index contributed by atoms with van der Waals surface area (Å²) in [5.74, 6) is 0.445. The molecular weight excluding hydrogens is 613 g/mol. The van der Waals surface area contributed by atoms with Gasteiger partial charge >= 0.3 is 0 Å². The maximum atomic E-state index is 12.4. The van der Waals surface area contributed by atoms with Crippen molar-refractivity contribution < 1.29 is 30.4 Å². The Balaban J connectivity index is 1.58. The predicted octanol–water partition coefficient (Wildman–Crippen LogP) is 7.60. The number of aryl methyl sites for hydroxylation is 3. The van der Waals surface area contributed by atoms with Crippen LogP contribution in [-0.2, 0) is 20.2 Å².